The van der Waals surface area contributed by atoms with Gasteiger partial charge in [0.25, 0.3) is 0 Å². The van der Waals surface area contributed by atoms with Gasteiger partial charge in [-0.15, -0.1) is 0 Å². The minimum Gasteiger partial charge on any atom is -0.391 e. The maximum Gasteiger partial charge on any atom is 0.224 e. The summed E-state index contributed by atoms with van der Waals surface area (Å²) in [6.07, 6.45) is 5.73. The van der Waals surface area contributed by atoms with Crippen molar-refractivity contribution in [2.75, 3.05) is 6.54 Å². The molecule has 4 heteroatoms. The van der Waals surface area contributed by atoms with Gasteiger partial charge in [-0.2, -0.15) is 0 Å². The summed E-state index contributed by atoms with van der Waals surface area (Å²) in [4.78, 5) is 11.8. The van der Waals surface area contributed by atoms with Crippen LogP contribution in [0.1, 0.15) is 37.7 Å². The van der Waals surface area contributed by atoms with Gasteiger partial charge in [-0.25, -0.2) is 0 Å². The molecule has 20 heavy (non-hydrogen) atoms. The number of rotatable bonds is 5. The molecule has 1 unspecified atom stereocenters. The number of aliphatic hydroxyl groups excluding tert-OH is 1. The molecule has 1 aromatic rings. The molecule has 1 aliphatic carbocycles. The van der Waals surface area contributed by atoms with E-state index >= 15 is 0 Å². The van der Waals surface area contributed by atoms with Crippen molar-refractivity contribution in [1.29, 1.82) is 0 Å². The maximum absolute atomic E-state index is 11.8. The topological polar surface area (TPSA) is 49.3 Å². The molecule has 110 valence electrons. The van der Waals surface area contributed by atoms with E-state index in [9.17, 15) is 9.90 Å². The molecule has 1 aromatic carbocycles. The van der Waals surface area contributed by atoms with Crippen LogP contribution in [0.15, 0.2) is 24.3 Å². The lowest BCUT2D eigenvalue weighted by atomic mass is 9.85. The average molecular weight is 296 g/mol. The summed E-state index contributed by atoms with van der Waals surface area (Å²) in [6, 6.07) is 7.25. The molecular weight excluding hydrogens is 274 g/mol. The number of amides is 1. The first-order valence-corrected chi connectivity index (χ1v) is 7.72. The zero-order chi connectivity index (χ0) is 14.4. The van der Waals surface area contributed by atoms with E-state index in [0.717, 1.165) is 18.4 Å². The normalized spacial score (nSPS) is 17.7. The molecule has 0 aliphatic heterocycles. The number of aliphatic hydroxyl groups is 1. The Bertz CT molecular complexity index is 427. The first-order valence-electron chi connectivity index (χ1n) is 7.34. The molecule has 1 aliphatic rings. The Kier molecular flexibility index (Phi) is 5.86. The number of carbonyl (C=O) groups excluding carboxylic acids is 1. The Hall–Kier alpha value is -1.06. The largest absolute Gasteiger partial charge is 0.391 e. The van der Waals surface area contributed by atoms with Crippen LogP contribution in [0.4, 0.5) is 0 Å². The third-order valence-corrected chi connectivity index (χ3v) is 4.23. The predicted molar refractivity (Wildman–Crippen MR) is 80.7 cm³/mol. The molecule has 1 saturated carbocycles. The van der Waals surface area contributed by atoms with E-state index in [4.69, 9.17) is 11.6 Å². The molecule has 0 bridgehead atoms. The van der Waals surface area contributed by atoms with Crippen LogP contribution < -0.4 is 5.32 Å². The average Bonchev–Trinajstić information content (AvgIpc) is 2.48. The minimum atomic E-state index is -0.413. The lowest BCUT2D eigenvalue weighted by Gasteiger charge is -2.26. The van der Waals surface area contributed by atoms with E-state index in [-0.39, 0.29) is 5.91 Å². The van der Waals surface area contributed by atoms with E-state index in [2.05, 4.69) is 5.32 Å². The molecule has 0 heterocycles. The molecule has 0 aromatic heterocycles. The summed E-state index contributed by atoms with van der Waals surface area (Å²) in [5.74, 6) is 0.293. The van der Waals surface area contributed by atoms with Crippen LogP contribution in [-0.4, -0.2) is 23.7 Å². The third-order valence-electron chi connectivity index (χ3n) is 3.98. The molecule has 0 saturated heterocycles. The second kappa shape index (κ2) is 7.65. The van der Waals surface area contributed by atoms with Crippen molar-refractivity contribution in [1.82, 2.24) is 5.32 Å². The zero-order valence-electron chi connectivity index (χ0n) is 11.6. The van der Waals surface area contributed by atoms with Crippen molar-refractivity contribution in [3.05, 3.63) is 34.9 Å². The molecule has 1 amide bonds. The van der Waals surface area contributed by atoms with Crippen molar-refractivity contribution in [3.63, 3.8) is 0 Å². The monoisotopic (exact) mass is 295 g/mol. The van der Waals surface area contributed by atoms with Crippen LogP contribution in [0.5, 0.6) is 0 Å². The van der Waals surface area contributed by atoms with Gasteiger partial charge < -0.3 is 10.4 Å². The highest BCUT2D eigenvalue weighted by molar-refractivity contribution is 6.30. The Balaban J connectivity index is 1.72. The first-order chi connectivity index (χ1) is 9.65. The van der Waals surface area contributed by atoms with Crippen molar-refractivity contribution in [2.45, 2.75) is 44.6 Å². The Morgan fingerprint density at radius 1 is 1.25 bits per heavy atom. The van der Waals surface area contributed by atoms with E-state index in [1.807, 2.05) is 12.1 Å². The molecule has 2 rings (SSSR count). The zero-order valence-corrected chi connectivity index (χ0v) is 12.4. The van der Waals surface area contributed by atoms with Gasteiger partial charge in [0.15, 0.2) is 0 Å². The number of halogens is 1. The molecule has 0 radical (unpaired) electrons. The van der Waals surface area contributed by atoms with Crippen molar-refractivity contribution in [2.24, 2.45) is 5.92 Å². The van der Waals surface area contributed by atoms with Crippen molar-refractivity contribution < 1.29 is 9.90 Å². The highest BCUT2D eigenvalue weighted by atomic mass is 35.5. The van der Waals surface area contributed by atoms with Crippen molar-refractivity contribution >= 4 is 17.5 Å². The van der Waals surface area contributed by atoms with E-state index in [1.165, 1.54) is 19.3 Å². The summed E-state index contributed by atoms with van der Waals surface area (Å²) < 4.78 is 0. The van der Waals surface area contributed by atoms with E-state index < -0.39 is 6.10 Å². The Labute approximate surface area is 125 Å². The van der Waals surface area contributed by atoms with Gasteiger partial charge >= 0.3 is 0 Å². The summed E-state index contributed by atoms with van der Waals surface area (Å²) in [7, 11) is 0. The first kappa shape index (κ1) is 15.3. The predicted octanol–water partition coefficient (Wildman–Crippen LogP) is 2.94. The van der Waals surface area contributed by atoms with Gasteiger partial charge in [0, 0.05) is 11.6 Å². The molecule has 3 nitrogen and oxygen atoms in total. The second-order valence-corrected chi connectivity index (χ2v) is 6.01. The standard InChI is InChI=1S/C16H22ClNO2/c17-14-8-6-12(7-9-14)10-16(20)18-11-15(19)13-4-2-1-3-5-13/h6-9,13,15,19H,1-5,10-11H2,(H,18,20). The molecule has 2 N–H and O–H groups in total. The van der Waals surface area contributed by atoms with Crippen LogP contribution in [0.3, 0.4) is 0 Å². The summed E-state index contributed by atoms with van der Waals surface area (Å²) in [6.45, 7) is 0.358. The SMILES string of the molecule is O=C(Cc1ccc(Cl)cc1)NCC(O)C1CCCCC1. The van der Waals surface area contributed by atoms with Crippen LogP contribution in [-0.2, 0) is 11.2 Å². The fourth-order valence-electron chi connectivity index (χ4n) is 2.75. The highest BCUT2D eigenvalue weighted by Gasteiger charge is 2.21. The van der Waals surface area contributed by atoms with Gasteiger partial charge in [0.2, 0.25) is 5.91 Å². The lowest BCUT2D eigenvalue weighted by molar-refractivity contribution is -0.121. The summed E-state index contributed by atoms with van der Waals surface area (Å²) in [5, 5.41) is 13.6. The fourth-order valence-corrected chi connectivity index (χ4v) is 2.88. The van der Waals surface area contributed by atoms with E-state index in [0.29, 0.717) is 23.9 Å². The third kappa shape index (κ3) is 4.80. The van der Waals surface area contributed by atoms with Crippen LogP contribution in [0.25, 0.3) is 0 Å². The van der Waals surface area contributed by atoms with Gasteiger partial charge in [-0.1, -0.05) is 43.0 Å². The van der Waals surface area contributed by atoms with Gasteiger partial charge in [-0.3, -0.25) is 4.79 Å². The van der Waals surface area contributed by atoms with Crippen molar-refractivity contribution in [3.8, 4) is 0 Å². The van der Waals surface area contributed by atoms with Gasteiger partial charge in [-0.05, 0) is 36.5 Å². The number of benzene rings is 1. The molecule has 1 fully saturated rings. The minimum absolute atomic E-state index is 0.0535. The van der Waals surface area contributed by atoms with E-state index in [1.54, 1.807) is 12.1 Å². The Morgan fingerprint density at radius 3 is 2.55 bits per heavy atom. The number of hydrogen-bond acceptors (Lipinski definition) is 2. The van der Waals surface area contributed by atoms with Crippen LogP contribution in [0.2, 0.25) is 5.02 Å². The second-order valence-electron chi connectivity index (χ2n) is 5.57. The van der Waals surface area contributed by atoms with Crippen LogP contribution in [0, 0.1) is 5.92 Å². The summed E-state index contributed by atoms with van der Waals surface area (Å²) in [5.41, 5.74) is 0.930. The quantitative estimate of drug-likeness (QED) is 0.877. The maximum atomic E-state index is 11.8. The molecular formula is C16H22ClNO2. The fraction of sp³-hybridized carbons (Fsp3) is 0.562. The van der Waals surface area contributed by atoms with Gasteiger partial charge in [0.1, 0.15) is 0 Å². The number of nitrogens with one attached hydrogen (secondary N) is 1. The lowest BCUT2D eigenvalue weighted by Crippen LogP contribution is -2.37. The Morgan fingerprint density at radius 2 is 1.90 bits per heavy atom. The van der Waals surface area contributed by atoms with Crippen LogP contribution >= 0.6 is 11.6 Å². The number of carbonyl (C=O) groups is 1. The van der Waals surface area contributed by atoms with Gasteiger partial charge in [0.05, 0.1) is 12.5 Å². The smallest absolute Gasteiger partial charge is 0.224 e. The molecule has 0 spiro atoms. The molecule has 1 atom stereocenters. The summed E-state index contributed by atoms with van der Waals surface area (Å²) >= 11 is 5.80. The number of hydrogen-bond donors (Lipinski definition) is 2. The highest BCUT2D eigenvalue weighted by Crippen LogP contribution is 2.26.